The summed E-state index contributed by atoms with van der Waals surface area (Å²) >= 11 is 0. The highest BCUT2D eigenvalue weighted by atomic mass is 16.5. The van der Waals surface area contributed by atoms with Gasteiger partial charge in [0.25, 0.3) is 11.8 Å². The second-order valence-electron chi connectivity index (χ2n) is 6.04. The quantitative estimate of drug-likeness (QED) is 0.812. The Morgan fingerprint density at radius 3 is 2.81 bits per heavy atom. The summed E-state index contributed by atoms with van der Waals surface area (Å²) in [7, 11) is 1.53. The number of ether oxygens (including phenoxy) is 1. The summed E-state index contributed by atoms with van der Waals surface area (Å²) in [5, 5.41) is 3.10. The maximum atomic E-state index is 12.4. The minimum absolute atomic E-state index is 0.0367. The maximum Gasteiger partial charge on any atom is 0.256 e. The predicted octanol–water partition coefficient (Wildman–Crippen LogP) is 1.48. The van der Waals surface area contributed by atoms with Gasteiger partial charge in [-0.05, 0) is 32.0 Å². The summed E-state index contributed by atoms with van der Waals surface area (Å²) < 4.78 is 5.37. The van der Waals surface area contributed by atoms with Gasteiger partial charge in [-0.1, -0.05) is 0 Å². The summed E-state index contributed by atoms with van der Waals surface area (Å²) in [6.07, 6.45) is 0. The van der Waals surface area contributed by atoms with Gasteiger partial charge in [-0.25, -0.2) is 9.97 Å². The summed E-state index contributed by atoms with van der Waals surface area (Å²) in [4.78, 5) is 34.5. The van der Waals surface area contributed by atoms with Gasteiger partial charge in [-0.15, -0.1) is 0 Å². The number of aromatic nitrogens is 2. The Balaban J connectivity index is 1.90. The van der Waals surface area contributed by atoms with Crippen molar-refractivity contribution < 1.29 is 14.3 Å². The average Bonchev–Trinajstić information content (AvgIpc) is 2.94. The van der Waals surface area contributed by atoms with Crippen LogP contribution in [0.25, 0.3) is 0 Å². The smallest absolute Gasteiger partial charge is 0.256 e. The average molecular weight is 355 g/mol. The van der Waals surface area contributed by atoms with Crippen molar-refractivity contribution in [3.05, 3.63) is 46.3 Å². The summed E-state index contributed by atoms with van der Waals surface area (Å²) in [5.41, 5.74) is 8.46. The topological polar surface area (TPSA) is 110 Å². The van der Waals surface area contributed by atoms with Crippen molar-refractivity contribution in [2.24, 2.45) is 5.73 Å². The van der Waals surface area contributed by atoms with Crippen molar-refractivity contribution in [2.45, 2.75) is 26.9 Å². The lowest BCUT2D eigenvalue weighted by Gasteiger charge is -2.13. The Labute approximate surface area is 151 Å². The van der Waals surface area contributed by atoms with Gasteiger partial charge in [0.1, 0.15) is 5.82 Å². The van der Waals surface area contributed by atoms with E-state index in [1.165, 1.54) is 7.11 Å². The lowest BCUT2D eigenvalue weighted by molar-refractivity contribution is 0.0786. The molecule has 2 amide bonds. The molecule has 3 heterocycles. The third-order valence-corrected chi connectivity index (χ3v) is 4.32. The molecule has 0 spiro atoms. The second kappa shape index (κ2) is 6.99. The van der Waals surface area contributed by atoms with Gasteiger partial charge in [0.05, 0.1) is 30.5 Å². The fourth-order valence-electron chi connectivity index (χ4n) is 2.93. The molecule has 0 atom stereocenters. The van der Waals surface area contributed by atoms with Gasteiger partial charge < -0.3 is 20.7 Å². The van der Waals surface area contributed by atoms with Crippen LogP contribution in [-0.4, -0.2) is 40.3 Å². The van der Waals surface area contributed by atoms with E-state index in [1.54, 1.807) is 23.1 Å². The molecule has 0 aromatic carbocycles. The minimum Gasteiger partial charge on any atom is -0.481 e. The molecule has 0 unspecified atom stereocenters. The van der Waals surface area contributed by atoms with E-state index in [0.29, 0.717) is 53.7 Å². The van der Waals surface area contributed by atoms with Gasteiger partial charge in [0, 0.05) is 24.3 Å². The van der Waals surface area contributed by atoms with Crippen LogP contribution in [0.3, 0.4) is 0 Å². The lowest BCUT2D eigenvalue weighted by atomic mass is 10.1. The molecule has 0 radical (unpaired) electrons. The van der Waals surface area contributed by atoms with Crippen molar-refractivity contribution >= 4 is 17.6 Å². The first-order valence-electron chi connectivity index (χ1n) is 8.32. The van der Waals surface area contributed by atoms with E-state index < -0.39 is 5.91 Å². The molecule has 0 saturated heterocycles. The number of primary amides is 1. The zero-order chi connectivity index (χ0) is 18.8. The molecular weight excluding hydrogens is 334 g/mol. The minimum atomic E-state index is -0.562. The fourth-order valence-corrected chi connectivity index (χ4v) is 2.93. The normalized spacial score (nSPS) is 12.9. The van der Waals surface area contributed by atoms with Crippen molar-refractivity contribution in [1.29, 1.82) is 0 Å². The largest absolute Gasteiger partial charge is 0.481 e. The molecule has 8 nitrogen and oxygen atoms in total. The summed E-state index contributed by atoms with van der Waals surface area (Å²) in [6.45, 7) is 5.16. The van der Waals surface area contributed by atoms with Crippen molar-refractivity contribution in [1.82, 2.24) is 14.9 Å². The number of nitrogens with two attached hydrogens (primary N) is 1. The zero-order valence-corrected chi connectivity index (χ0v) is 15.0. The van der Waals surface area contributed by atoms with Crippen LogP contribution in [0.1, 0.15) is 44.6 Å². The highest BCUT2D eigenvalue weighted by Crippen LogP contribution is 2.27. The van der Waals surface area contributed by atoms with Gasteiger partial charge >= 0.3 is 0 Å². The van der Waals surface area contributed by atoms with E-state index in [0.717, 1.165) is 5.69 Å². The van der Waals surface area contributed by atoms with Crippen molar-refractivity contribution in [2.75, 3.05) is 19.0 Å². The zero-order valence-electron chi connectivity index (χ0n) is 15.0. The van der Waals surface area contributed by atoms with Gasteiger partial charge in [0.15, 0.2) is 0 Å². The molecule has 1 aliphatic heterocycles. The number of methoxy groups -OCH3 is 1. The Morgan fingerprint density at radius 1 is 1.38 bits per heavy atom. The number of pyridine rings is 2. The Morgan fingerprint density at radius 2 is 2.15 bits per heavy atom. The van der Waals surface area contributed by atoms with Crippen molar-refractivity contribution in [3.8, 4) is 5.88 Å². The van der Waals surface area contributed by atoms with E-state index in [4.69, 9.17) is 10.5 Å². The first-order valence-corrected chi connectivity index (χ1v) is 8.32. The lowest BCUT2D eigenvalue weighted by Crippen LogP contribution is -2.23. The van der Waals surface area contributed by atoms with Crippen LogP contribution in [0, 0.1) is 6.92 Å². The molecule has 2 aromatic rings. The Hall–Kier alpha value is -3.16. The highest BCUT2D eigenvalue weighted by molar-refractivity contribution is 5.98. The molecule has 3 N–H and O–H groups in total. The van der Waals surface area contributed by atoms with E-state index >= 15 is 0 Å². The number of anilines is 1. The van der Waals surface area contributed by atoms with E-state index in [2.05, 4.69) is 15.3 Å². The number of nitrogens with one attached hydrogen (secondary N) is 1. The predicted molar refractivity (Wildman–Crippen MR) is 96.0 cm³/mol. The molecule has 0 bridgehead atoms. The second-order valence-corrected chi connectivity index (χ2v) is 6.04. The molecule has 8 heteroatoms. The number of rotatable bonds is 6. The Kier molecular flexibility index (Phi) is 4.75. The number of amides is 2. The fraction of sp³-hybridized carbons (Fsp3) is 0.333. The number of aryl methyl sites for hydroxylation is 1. The number of hydrogen-bond donors (Lipinski definition) is 2. The van der Waals surface area contributed by atoms with E-state index in [9.17, 15) is 9.59 Å². The van der Waals surface area contributed by atoms with Crippen LogP contribution in [0.15, 0.2) is 18.2 Å². The third kappa shape index (κ3) is 3.17. The molecule has 136 valence electrons. The number of nitrogens with zero attached hydrogens (tertiary/aromatic N) is 3. The number of carbonyl (C=O) groups is 2. The standard InChI is InChI=1S/C18H21N5O3/c1-4-23-9-14-13(18(23)25)7-11(17(22-14)26-3)8-20-16-12(15(19)24)6-5-10(2)21-16/h5-7H,4,8-9H2,1-3H3,(H2,19,24)(H,20,21). The molecular formula is C18H21N5O3. The first-order chi connectivity index (χ1) is 12.4. The van der Waals surface area contributed by atoms with E-state index in [1.807, 2.05) is 13.8 Å². The molecule has 0 saturated carbocycles. The number of carbonyl (C=O) groups excluding carboxylic acids is 2. The Bertz CT molecular complexity index is 881. The summed E-state index contributed by atoms with van der Waals surface area (Å²) in [6, 6.07) is 5.14. The molecule has 2 aromatic heterocycles. The monoisotopic (exact) mass is 355 g/mol. The summed E-state index contributed by atoms with van der Waals surface area (Å²) in [5.74, 6) is 0.232. The molecule has 3 rings (SSSR count). The van der Waals surface area contributed by atoms with E-state index in [-0.39, 0.29) is 5.91 Å². The molecule has 26 heavy (non-hydrogen) atoms. The van der Waals surface area contributed by atoms with Crippen LogP contribution in [0.5, 0.6) is 5.88 Å². The third-order valence-electron chi connectivity index (χ3n) is 4.32. The molecule has 1 aliphatic rings. The first kappa shape index (κ1) is 17.7. The number of hydrogen-bond acceptors (Lipinski definition) is 6. The van der Waals surface area contributed by atoms with Crippen LogP contribution in [-0.2, 0) is 13.1 Å². The molecule has 0 fully saturated rings. The SMILES string of the molecule is CCN1Cc2nc(OC)c(CNc3nc(C)ccc3C(N)=O)cc2C1=O. The highest BCUT2D eigenvalue weighted by Gasteiger charge is 2.29. The van der Waals surface area contributed by atoms with Crippen LogP contribution < -0.4 is 15.8 Å². The van der Waals surface area contributed by atoms with Crippen LogP contribution in [0.2, 0.25) is 0 Å². The van der Waals surface area contributed by atoms with Crippen LogP contribution >= 0.6 is 0 Å². The van der Waals surface area contributed by atoms with Gasteiger partial charge in [0.2, 0.25) is 5.88 Å². The van der Waals surface area contributed by atoms with Gasteiger partial charge in [-0.2, -0.15) is 0 Å². The van der Waals surface area contributed by atoms with Gasteiger partial charge in [-0.3, -0.25) is 9.59 Å². The number of fused-ring (bicyclic) bond motifs is 1. The van der Waals surface area contributed by atoms with Crippen molar-refractivity contribution in [3.63, 3.8) is 0 Å². The van der Waals surface area contributed by atoms with Crippen LogP contribution in [0.4, 0.5) is 5.82 Å². The molecule has 0 aliphatic carbocycles. The maximum absolute atomic E-state index is 12.4.